The van der Waals surface area contributed by atoms with Gasteiger partial charge in [0.25, 0.3) is 0 Å². The van der Waals surface area contributed by atoms with E-state index >= 15 is 0 Å². The lowest BCUT2D eigenvalue weighted by atomic mass is 10.0. The van der Waals surface area contributed by atoms with E-state index in [1.165, 1.54) is 37.2 Å². The van der Waals surface area contributed by atoms with Gasteiger partial charge in [0, 0.05) is 31.8 Å². The first-order chi connectivity index (χ1) is 22.2. The van der Waals surface area contributed by atoms with Crippen molar-refractivity contribution in [2.75, 3.05) is 0 Å². The second kappa shape index (κ2) is 10.0. The van der Waals surface area contributed by atoms with Crippen LogP contribution in [-0.2, 0) is 6.42 Å². The summed E-state index contributed by atoms with van der Waals surface area (Å²) in [5, 5.41) is 9.24. The summed E-state index contributed by atoms with van der Waals surface area (Å²) in [4.78, 5) is 5.54. The predicted molar refractivity (Wildman–Crippen MR) is 193 cm³/mol. The van der Waals surface area contributed by atoms with E-state index in [-0.39, 0.29) is 0 Å². The van der Waals surface area contributed by atoms with Crippen LogP contribution < -0.4 is 0 Å². The van der Waals surface area contributed by atoms with Crippen molar-refractivity contribution in [2.24, 2.45) is 4.99 Å². The molecule has 0 aliphatic heterocycles. The average Bonchev–Trinajstić information content (AvgIpc) is 3.75. The molecule has 3 nitrogen and oxygen atoms in total. The fourth-order valence-corrected chi connectivity index (χ4v) is 8.06. The number of hydrogen-bond donors (Lipinski definition) is 0. The Labute approximate surface area is 264 Å². The van der Waals surface area contributed by atoms with Gasteiger partial charge in [-0.3, -0.25) is 0 Å². The first-order valence-electron chi connectivity index (χ1n) is 15.3. The van der Waals surface area contributed by atoms with Crippen molar-refractivity contribution in [3.63, 3.8) is 0 Å². The van der Waals surface area contributed by atoms with E-state index in [0.29, 0.717) is 0 Å². The highest BCUT2D eigenvalue weighted by Gasteiger charge is 2.23. The fraction of sp³-hybridized carbons (Fsp3) is 0.0488. The molecule has 214 valence electrons. The lowest BCUT2D eigenvalue weighted by Crippen LogP contribution is -2.10. The molecule has 0 atom stereocenters. The van der Waals surface area contributed by atoms with Crippen molar-refractivity contribution >= 4 is 92.3 Å². The standard InChI is InChI=1S/C41H28N2OS/c1-3-28-31-17-8-11-22-38(31)45-41(28)42-39(33-19-12-18-32-30-16-7-10-21-37(30)44-40(32)33)25(2)43-35-20-9-6-15-29(35)34-23-26-13-4-5-14-27(26)24-36(34)43/h4-24H,2-3H2,1H3. The highest BCUT2D eigenvalue weighted by atomic mass is 32.1. The predicted octanol–water partition coefficient (Wildman–Crippen LogP) is 11.9. The number of rotatable bonds is 5. The number of para-hydroxylation sites is 3. The number of allylic oxidation sites excluding steroid dienone is 1. The van der Waals surface area contributed by atoms with Crippen molar-refractivity contribution in [1.29, 1.82) is 0 Å². The van der Waals surface area contributed by atoms with Gasteiger partial charge in [0.1, 0.15) is 16.2 Å². The van der Waals surface area contributed by atoms with Crippen molar-refractivity contribution in [3.8, 4) is 0 Å². The zero-order valence-electron chi connectivity index (χ0n) is 24.7. The molecule has 9 rings (SSSR count). The van der Waals surface area contributed by atoms with E-state index in [1.54, 1.807) is 11.3 Å². The molecule has 0 saturated heterocycles. The third-order valence-corrected chi connectivity index (χ3v) is 10.1. The Balaban J connectivity index is 1.38. The second-order valence-electron chi connectivity index (χ2n) is 11.5. The Bertz CT molecular complexity index is 2660. The Morgan fingerprint density at radius 3 is 2.22 bits per heavy atom. The van der Waals surface area contributed by atoms with Crippen LogP contribution in [0, 0.1) is 0 Å². The minimum Gasteiger partial charge on any atom is -0.455 e. The summed E-state index contributed by atoms with van der Waals surface area (Å²) in [5.41, 5.74) is 7.70. The molecule has 4 heteroatoms. The van der Waals surface area contributed by atoms with Crippen molar-refractivity contribution < 1.29 is 4.42 Å². The largest absolute Gasteiger partial charge is 0.455 e. The third-order valence-electron chi connectivity index (χ3n) is 8.99. The number of nitrogens with zero attached hydrogens (tertiary/aromatic N) is 2. The first-order valence-corrected chi connectivity index (χ1v) is 16.1. The molecule has 0 fully saturated rings. The lowest BCUT2D eigenvalue weighted by Gasteiger charge is -2.15. The Kier molecular flexibility index (Phi) is 5.80. The summed E-state index contributed by atoms with van der Waals surface area (Å²) < 4.78 is 10.1. The zero-order chi connectivity index (χ0) is 30.1. The van der Waals surface area contributed by atoms with E-state index in [4.69, 9.17) is 16.0 Å². The van der Waals surface area contributed by atoms with Gasteiger partial charge in [0.2, 0.25) is 0 Å². The molecule has 0 bridgehead atoms. The van der Waals surface area contributed by atoms with Gasteiger partial charge in [0.05, 0.1) is 22.4 Å². The lowest BCUT2D eigenvalue weighted by molar-refractivity contribution is 0.668. The summed E-state index contributed by atoms with van der Waals surface area (Å²) >= 11 is 1.74. The molecule has 0 radical (unpaired) electrons. The quantitative estimate of drug-likeness (QED) is 0.182. The van der Waals surface area contributed by atoms with Crippen molar-refractivity contribution in [3.05, 3.63) is 145 Å². The Morgan fingerprint density at radius 2 is 1.38 bits per heavy atom. The van der Waals surface area contributed by atoms with Gasteiger partial charge in [-0.25, -0.2) is 4.99 Å². The fourth-order valence-electron chi connectivity index (χ4n) is 6.89. The van der Waals surface area contributed by atoms with Crippen molar-refractivity contribution in [1.82, 2.24) is 4.57 Å². The second-order valence-corrected chi connectivity index (χ2v) is 12.5. The maximum absolute atomic E-state index is 6.59. The normalized spacial score (nSPS) is 12.4. The molecular weight excluding hydrogens is 569 g/mol. The van der Waals surface area contributed by atoms with Gasteiger partial charge in [0.15, 0.2) is 0 Å². The van der Waals surface area contributed by atoms with Gasteiger partial charge >= 0.3 is 0 Å². The van der Waals surface area contributed by atoms with E-state index in [2.05, 4.69) is 127 Å². The maximum atomic E-state index is 6.59. The maximum Gasteiger partial charge on any atom is 0.144 e. The summed E-state index contributed by atoms with van der Waals surface area (Å²) in [6.07, 6.45) is 0.888. The van der Waals surface area contributed by atoms with Gasteiger partial charge in [-0.15, -0.1) is 11.3 Å². The van der Waals surface area contributed by atoms with Crippen LogP contribution in [0.25, 0.3) is 70.3 Å². The molecule has 3 heterocycles. The first kappa shape index (κ1) is 26.0. The number of aryl methyl sites for hydroxylation is 1. The molecule has 0 aliphatic carbocycles. The topological polar surface area (TPSA) is 30.4 Å². The molecule has 0 N–H and O–H groups in total. The monoisotopic (exact) mass is 596 g/mol. The molecule has 6 aromatic carbocycles. The Hall–Kier alpha value is -5.45. The van der Waals surface area contributed by atoms with Crippen LogP contribution in [0.5, 0.6) is 0 Å². The summed E-state index contributed by atoms with van der Waals surface area (Å²) in [6.45, 7) is 7.02. The zero-order valence-corrected chi connectivity index (χ0v) is 25.6. The average molecular weight is 597 g/mol. The molecule has 9 aromatic rings. The van der Waals surface area contributed by atoms with Crippen LogP contribution in [0.3, 0.4) is 0 Å². The van der Waals surface area contributed by atoms with Gasteiger partial charge in [-0.1, -0.05) is 104 Å². The summed E-state index contributed by atoms with van der Waals surface area (Å²) in [7, 11) is 0. The van der Waals surface area contributed by atoms with Gasteiger partial charge in [-0.05, 0) is 64.5 Å². The molecule has 0 amide bonds. The molecule has 0 aliphatic rings. The Morgan fingerprint density at radius 1 is 0.689 bits per heavy atom. The van der Waals surface area contributed by atoms with Crippen LogP contribution in [-0.4, -0.2) is 10.3 Å². The molecule has 45 heavy (non-hydrogen) atoms. The number of furan rings is 1. The minimum absolute atomic E-state index is 0.803. The number of fused-ring (bicyclic) bond motifs is 8. The van der Waals surface area contributed by atoms with Crippen LogP contribution >= 0.6 is 11.3 Å². The van der Waals surface area contributed by atoms with Gasteiger partial charge in [-0.2, -0.15) is 0 Å². The number of benzene rings is 6. The summed E-state index contributed by atoms with van der Waals surface area (Å²) in [6, 6.07) is 44.9. The smallest absolute Gasteiger partial charge is 0.144 e. The minimum atomic E-state index is 0.803. The van der Waals surface area contributed by atoms with Crippen LogP contribution in [0.2, 0.25) is 0 Å². The van der Waals surface area contributed by atoms with Gasteiger partial charge < -0.3 is 8.98 Å². The van der Waals surface area contributed by atoms with E-state index in [9.17, 15) is 0 Å². The number of aromatic nitrogens is 1. The SMILES string of the molecule is C=C(C(=Nc1sc2ccccc2c1CC)c1cccc2c1oc1ccccc12)n1c2ccccc2c2cc3ccccc3cc21. The highest BCUT2D eigenvalue weighted by molar-refractivity contribution is 7.22. The van der Waals surface area contributed by atoms with E-state index in [1.807, 2.05) is 12.1 Å². The van der Waals surface area contributed by atoms with Crippen LogP contribution in [0.4, 0.5) is 5.00 Å². The molecule has 0 spiro atoms. The highest BCUT2D eigenvalue weighted by Crippen LogP contribution is 2.42. The van der Waals surface area contributed by atoms with Crippen molar-refractivity contribution in [2.45, 2.75) is 13.3 Å². The molecular formula is C41H28N2OS. The van der Waals surface area contributed by atoms with Crippen LogP contribution in [0.15, 0.2) is 143 Å². The molecule has 0 saturated carbocycles. The van der Waals surface area contributed by atoms with E-state index in [0.717, 1.165) is 61.4 Å². The van der Waals surface area contributed by atoms with E-state index < -0.39 is 0 Å². The molecule has 0 unspecified atom stereocenters. The third kappa shape index (κ3) is 3.92. The molecule has 3 aromatic heterocycles. The number of aliphatic imine (C=N–C) groups is 1. The number of hydrogen-bond acceptors (Lipinski definition) is 3. The van der Waals surface area contributed by atoms with Crippen LogP contribution in [0.1, 0.15) is 18.1 Å². The number of thiophene rings is 1. The summed E-state index contributed by atoms with van der Waals surface area (Å²) in [5.74, 6) is 0.